The predicted molar refractivity (Wildman–Crippen MR) is 99.1 cm³/mol. The second kappa shape index (κ2) is 7.77. The number of pyridine rings is 1. The lowest BCUT2D eigenvalue weighted by Gasteiger charge is -2.30. The number of carbonyl (C=O) groups excluding carboxylic acids is 1. The number of benzene rings is 1. The van der Waals surface area contributed by atoms with Crippen molar-refractivity contribution in [3.05, 3.63) is 52.4 Å². The first-order chi connectivity index (χ1) is 13.5. The van der Waals surface area contributed by atoms with Crippen molar-refractivity contribution < 1.29 is 27.5 Å². The minimum Gasteiger partial charge on any atom is -0.361 e. The third kappa shape index (κ3) is 4.29. The molecule has 0 saturated carbocycles. The first-order valence-corrected chi connectivity index (χ1v) is 8.85. The van der Waals surface area contributed by atoms with Crippen LogP contribution in [0.4, 0.5) is 29.1 Å². The SMILES string of the molecule is Cc1cc(C(F)(F)F)cc(N2C(O)NC[C@H]2C(=O)N(C)c2ccc(F)c(Cl)c2)n1. The van der Waals surface area contributed by atoms with E-state index >= 15 is 0 Å². The minimum atomic E-state index is -4.61. The third-order valence-electron chi connectivity index (χ3n) is 4.53. The van der Waals surface area contributed by atoms with E-state index in [9.17, 15) is 27.5 Å². The van der Waals surface area contributed by atoms with Crippen LogP contribution in [0.25, 0.3) is 0 Å². The molecule has 11 heteroatoms. The van der Waals surface area contributed by atoms with Crippen molar-refractivity contribution in [2.75, 3.05) is 23.4 Å². The lowest BCUT2D eigenvalue weighted by molar-refractivity contribution is -0.137. The van der Waals surface area contributed by atoms with Gasteiger partial charge in [-0.2, -0.15) is 13.2 Å². The number of anilines is 2. The van der Waals surface area contributed by atoms with Gasteiger partial charge in [-0.15, -0.1) is 0 Å². The molecule has 6 nitrogen and oxygen atoms in total. The number of nitrogens with zero attached hydrogens (tertiary/aromatic N) is 3. The lowest BCUT2D eigenvalue weighted by Crippen LogP contribution is -2.48. The third-order valence-corrected chi connectivity index (χ3v) is 4.82. The molecule has 1 aliphatic rings. The maximum Gasteiger partial charge on any atom is 0.416 e. The molecule has 1 unspecified atom stereocenters. The number of nitrogens with one attached hydrogen (secondary N) is 1. The number of carbonyl (C=O) groups is 1. The van der Waals surface area contributed by atoms with Crippen molar-refractivity contribution in [2.45, 2.75) is 25.5 Å². The van der Waals surface area contributed by atoms with Crippen LogP contribution in [-0.4, -0.2) is 42.0 Å². The first kappa shape index (κ1) is 21.3. The molecule has 2 heterocycles. The Bertz CT molecular complexity index is 941. The molecule has 2 atom stereocenters. The van der Waals surface area contributed by atoms with E-state index in [2.05, 4.69) is 10.3 Å². The minimum absolute atomic E-state index is 0.0315. The molecule has 29 heavy (non-hydrogen) atoms. The molecule has 0 spiro atoms. The Hall–Kier alpha value is -2.43. The van der Waals surface area contributed by atoms with E-state index in [1.165, 1.54) is 31.0 Å². The summed E-state index contributed by atoms with van der Waals surface area (Å²) in [5.41, 5.74) is -0.571. The molecular formula is C18H17ClF4N4O2. The lowest BCUT2D eigenvalue weighted by atomic mass is 10.1. The van der Waals surface area contributed by atoms with E-state index in [1.807, 2.05) is 0 Å². The van der Waals surface area contributed by atoms with E-state index in [0.29, 0.717) is 0 Å². The molecule has 0 bridgehead atoms. The van der Waals surface area contributed by atoms with Gasteiger partial charge in [0.15, 0.2) is 6.35 Å². The molecule has 1 fully saturated rings. The highest BCUT2D eigenvalue weighted by Gasteiger charge is 2.41. The largest absolute Gasteiger partial charge is 0.416 e. The number of aryl methyl sites for hydroxylation is 1. The van der Waals surface area contributed by atoms with Crippen LogP contribution in [0, 0.1) is 12.7 Å². The van der Waals surface area contributed by atoms with Crippen molar-refractivity contribution >= 4 is 29.0 Å². The fraction of sp³-hybridized carbons (Fsp3) is 0.333. The summed E-state index contributed by atoms with van der Waals surface area (Å²) in [5.74, 6) is -1.40. The fourth-order valence-corrected chi connectivity index (χ4v) is 3.24. The quantitative estimate of drug-likeness (QED) is 0.730. The highest BCUT2D eigenvalue weighted by atomic mass is 35.5. The van der Waals surface area contributed by atoms with Gasteiger partial charge in [0.1, 0.15) is 17.7 Å². The number of likely N-dealkylation sites (N-methyl/N-ethyl adjacent to an activating group) is 1. The number of amides is 1. The maximum atomic E-state index is 13.4. The molecule has 1 aliphatic heterocycles. The molecule has 2 N–H and O–H groups in total. The number of halogens is 5. The average molecular weight is 433 g/mol. The molecule has 156 valence electrons. The number of alkyl halides is 3. The van der Waals surface area contributed by atoms with Crippen LogP contribution in [-0.2, 0) is 11.0 Å². The van der Waals surface area contributed by atoms with Gasteiger partial charge in [0.05, 0.1) is 10.6 Å². The van der Waals surface area contributed by atoms with Crippen LogP contribution < -0.4 is 15.1 Å². The smallest absolute Gasteiger partial charge is 0.361 e. The van der Waals surface area contributed by atoms with Crippen LogP contribution in [0.3, 0.4) is 0 Å². The number of hydrogen-bond acceptors (Lipinski definition) is 5. The van der Waals surface area contributed by atoms with Crippen molar-refractivity contribution in [3.63, 3.8) is 0 Å². The first-order valence-electron chi connectivity index (χ1n) is 8.47. The normalized spacial score (nSPS) is 19.5. The van der Waals surface area contributed by atoms with Gasteiger partial charge < -0.3 is 14.9 Å². The van der Waals surface area contributed by atoms with Gasteiger partial charge in [-0.25, -0.2) is 9.37 Å². The predicted octanol–water partition coefficient (Wildman–Crippen LogP) is 2.92. The summed E-state index contributed by atoms with van der Waals surface area (Å²) in [6, 6.07) is 4.30. The Balaban J connectivity index is 1.94. The maximum absolute atomic E-state index is 13.4. The van der Waals surface area contributed by atoms with Crippen LogP contribution >= 0.6 is 11.6 Å². The molecule has 0 aliphatic carbocycles. The van der Waals surface area contributed by atoms with Crippen LogP contribution in [0.1, 0.15) is 11.3 Å². The van der Waals surface area contributed by atoms with Gasteiger partial charge in [0.25, 0.3) is 5.91 Å². The number of aliphatic hydroxyl groups is 1. The van der Waals surface area contributed by atoms with Crippen LogP contribution in [0.5, 0.6) is 0 Å². The van der Waals surface area contributed by atoms with Crippen molar-refractivity contribution in [2.24, 2.45) is 0 Å². The molecule has 1 aromatic carbocycles. The van der Waals surface area contributed by atoms with Crippen LogP contribution in [0.15, 0.2) is 30.3 Å². The van der Waals surface area contributed by atoms with E-state index in [4.69, 9.17) is 11.6 Å². The zero-order valence-corrected chi connectivity index (χ0v) is 16.1. The summed E-state index contributed by atoms with van der Waals surface area (Å²) >= 11 is 5.76. The van der Waals surface area contributed by atoms with Gasteiger partial charge in [-0.05, 0) is 37.3 Å². The van der Waals surface area contributed by atoms with Crippen LogP contribution in [0.2, 0.25) is 5.02 Å². The average Bonchev–Trinajstić information content (AvgIpc) is 3.03. The summed E-state index contributed by atoms with van der Waals surface area (Å²) in [6.45, 7) is 1.36. The Morgan fingerprint density at radius 2 is 2.03 bits per heavy atom. The van der Waals surface area contributed by atoms with Gasteiger partial charge in [0.2, 0.25) is 0 Å². The van der Waals surface area contributed by atoms with Gasteiger partial charge >= 0.3 is 6.18 Å². The number of hydrogen-bond donors (Lipinski definition) is 2. The Kier molecular flexibility index (Phi) is 5.70. The summed E-state index contributed by atoms with van der Waals surface area (Å²) in [4.78, 5) is 19.3. The Morgan fingerprint density at radius 1 is 1.34 bits per heavy atom. The molecule has 1 aromatic heterocycles. The molecule has 3 rings (SSSR count). The molecule has 1 saturated heterocycles. The summed E-state index contributed by atoms with van der Waals surface area (Å²) in [5, 5.41) is 12.7. The highest BCUT2D eigenvalue weighted by molar-refractivity contribution is 6.31. The van der Waals surface area contributed by atoms with Gasteiger partial charge in [-0.1, -0.05) is 11.6 Å². The van der Waals surface area contributed by atoms with Gasteiger partial charge in [0, 0.05) is 25.0 Å². The van der Waals surface area contributed by atoms with E-state index in [0.717, 1.165) is 23.1 Å². The molecule has 1 amide bonds. The van der Waals surface area contributed by atoms with Crippen molar-refractivity contribution in [3.8, 4) is 0 Å². The number of rotatable bonds is 3. The summed E-state index contributed by atoms with van der Waals surface area (Å²) in [6.07, 6.45) is -6.02. The zero-order chi connectivity index (χ0) is 21.5. The monoisotopic (exact) mass is 432 g/mol. The highest BCUT2D eigenvalue weighted by Crippen LogP contribution is 2.33. The molecule has 0 radical (unpaired) electrons. The second-order valence-electron chi connectivity index (χ2n) is 6.55. The van der Waals surface area contributed by atoms with E-state index < -0.39 is 35.9 Å². The fourth-order valence-electron chi connectivity index (χ4n) is 3.07. The van der Waals surface area contributed by atoms with Gasteiger partial charge in [-0.3, -0.25) is 10.1 Å². The van der Waals surface area contributed by atoms with E-state index in [-0.39, 0.29) is 28.8 Å². The summed E-state index contributed by atoms with van der Waals surface area (Å²) < 4.78 is 52.9. The van der Waals surface area contributed by atoms with Crippen molar-refractivity contribution in [1.29, 1.82) is 0 Å². The number of aromatic nitrogens is 1. The molecule has 2 aromatic rings. The zero-order valence-electron chi connectivity index (χ0n) is 15.3. The topological polar surface area (TPSA) is 68.7 Å². The summed E-state index contributed by atoms with van der Waals surface area (Å²) in [7, 11) is 1.42. The standard InChI is InChI=1S/C18H17ClF4N4O2/c1-9-5-10(18(21,22)23)6-15(25-9)27-14(8-24-17(27)29)16(28)26(2)11-3-4-13(20)12(19)7-11/h3-7,14,17,24,29H,8H2,1-2H3/t14-,17?/m0/s1. The van der Waals surface area contributed by atoms with E-state index in [1.54, 1.807) is 0 Å². The second-order valence-corrected chi connectivity index (χ2v) is 6.96. The Morgan fingerprint density at radius 3 is 2.66 bits per heavy atom. The Labute approximate surface area is 168 Å². The number of aliphatic hydroxyl groups excluding tert-OH is 1. The molecular weight excluding hydrogens is 416 g/mol. The van der Waals surface area contributed by atoms with Crippen molar-refractivity contribution in [1.82, 2.24) is 10.3 Å².